The third-order valence-corrected chi connectivity index (χ3v) is 5.46. The third-order valence-electron chi connectivity index (χ3n) is 5.14. The molecule has 3 aromatic carbocycles. The smallest absolute Gasteiger partial charge is 0.342 e. The topological polar surface area (TPSA) is 39.2 Å². The van der Waals surface area contributed by atoms with Gasteiger partial charge < -0.3 is 4.74 Å². The summed E-state index contributed by atoms with van der Waals surface area (Å²) in [6.45, 7) is 1.96. The van der Waals surface area contributed by atoms with E-state index in [2.05, 4.69) is 17.1 Å². The highest BCUT2D eigenvalue weighted by atomic mass is 35.5. The van der Waals surface area contributed by atoms with Gasteiger partial charge >= 0.3 is 5.97 Å². The molecule has 0 radical (unpaired) electrons. The number of rotatable bonds is 2. The lowest BCUT2D eigenvalue weighted by Gasteiger charge is -2.16. The second kappa shape index (κ2) is 6.47. The van der Waals surface area contributed by atoms with E-state index < -0.39 is 12.1 Å². The quantitative estimate of drug-likeness (QED) is 0.390. The summed E-state index contributed by atoms with van der Waals surface area (Å²) in [4.78, 5) is 17.6. The van der Waals surface area contributed by atoms with Gasteiger partial charge in [0.2, 0.25) is 0 Å². The fraction of sp³-hybridized carbons (Fsp3) is 0.0833. The van der Waals surface area contributed by atoms with Crippen molar-refractivity contribution in [2.45, 2.75) is 13.0 Å². The molecule has 0 aliphatic heterocycles. The maximum atomic E-state index is 13.2. The maximum Gasteiger partial charge on any atom is 0.342 e. The number of carbonyl (C=O) groups excluding carboxylic acids is 1. The summed E-state index contributed by atoms with van der Waals surface area (Å²) in [5, 5.41) is 1.21. The molecule has 5 rings (SSSR count). The van der Waals surface area contributed by atoms with Crippen LogP contribution >= 0.6 is 11.6 Å². The van der Waals surface area contributed by atoms with E-state index >= 15 is 0 Å². The first-order valence-electron chi connectivity index (χ1n) is 9.07. The molecule has 3 nitrogen and oxygen atoms in total. The Labute approximate surface area is 167 Å². The van der Waals surface area contributed by atoms with Crippen LogP contribution in [0, 0.1) is 6.92 Å². The summed E-state index contributed by atoms with van der Waals surface area (Å²) in [7, 11) is 0. The Bertz CT molecular complexity index is 1200. The average Bonchev–Trinajstić information content (AvgIpc) is 3.02. The van der Waals surface area contributed by atoms with E-state index in [9.17, 15) is 4.79 Å². The lowest BCUT2D eigenvalue weighted by molar-refractivity contribution is 0.0388. The molecule has 0 atom stereocenters. The summed E-state index contributed by atoms with van der Waals surface area (Å²) in [5.41, 5.74) is 6.04. The number of benzene rings is 3. The maximum absolute atomic E-state index is 13.2. The summed E-state index contributed by atoms with van der Waals surface area (Å²) in [6, 6.07) is 21.6. The summed E-state index contributed by atoms with van der Waals surface area (Å²) >= 11 is 6.38. The van der Waals surface area contributed by atoms with Crippen molar-refractivity contribution in [3.63, 3.8) is 0 Å². The van der Waals surface area contributed by atoms with Crippen LogP contribution in [0.3, 0.4) is 0 Å². The van der Waals surface area contributed by atoms with Crippen molar-refractivity contribution in [3.8, 4) is 11.1 Å². The van der Waals surface area contributed by atoms with Gasteiger partial charge in [0, 0.05) is 22.7 Å². The van der Waals surface area contributed by atoms with Gasteiger partial charge in [-0.3, -0.25) is 4.98 Å². The molecule has 0 spiro atoms. The van der Waals surface area contributed by atoms with E-state index in [0.717, 1.165) is 33.2 Å². The molecule has 0 N–H and O–H groups in total. The molecule has 4 heteroatoms. The second-order valence-corrected chi connectivity index (χ2v) is 7.37. The highest BCUT2D eigenvalue weighted by Crippen LogP contribution is 2.45. The van der Waals surface area contributed by atoms with Crippen molar-refractivity contribution in [1.29, 1.82) is 0 Å². The van der Waals surface area contributed by atoms with E-state index in [1.807, 2.05) is 55.5 Å². The van der Waals surface area contributed by atoms with E-state index in [1.165, 1.54) is 0 Å². The molecule has 0 fully saturated rings. The standard InChI is InChI=1S/C24H16ClNO2/c1-14-12-15-10-11-20(25)21(22(15)26-13-14)24(27)28-23-18-8-4-2-6-16(18)17-7-3-5-9-19(17)23/h2-13,23H,1H3. The number of pyridine rings is 1. The number of ether oxygens (including phenoxy) is 1. The molecule has 1 aliphatic carbocycles. The van der Waals surface area contributed by atoms with Gasteiger partial charge in [-0.1, -0.05) is 66.2 Å². The molecule has 0 saturated carbocycles. The van der Waals surface area contributed by atoms with Crippen molar-refractivity contribution >= 4 is 28.5 Å². The third kappa shape index (κ3) is 2.59. The highest BCUT2D eigenvalue weighted by Gasteiger charge is 2.32. The first kappa shape index (κ1) is 17.0. The zero-order valence-electron chi connectivity index (χ0n) is 15.1. The monoisotopic (exact) mass is 385 g/mol. The lowest BCUT2D eigenvalue weighted by Crippen LogP contribution is -2.12. The summed E-state index contributed by atoms with van der Waals surface area (Å²) in [6.07, 6.45) is 1.27. The van der Waals surface area contributed by atoms with Gasteiger partial charge in [-0.15, -0.1) is 0 Å². The van der Waals surface area contributed by atoms with E-state index in [4.69, 9.17) is 16.3 Å². The number of hydrogen-bond donors (Lipinski definition) is 0. The van der Waals surface area contributed by atoms with Crippen LogP contribution in [0.1, 0.15) is 33.2 Å². The number of hydrogen-bond acceptors (Lipinski definition) is 3. The van der Waals surface area contributed by atoms with Crippen molar-refractivity contribution in [2.75, 3.05) is 0 Å². The molecule has 0 bridgehead atoms. The number of carbonyl (C=O) groups is 1. The Balaban J connectivity index is 1.60. The first-order chi connectivity index (χ1) is 13.6. The Morgan fingerprint density at radius 3 is 2.29 bits per heavy atom. The van der Waals surface area contributed by atoms with Crippen LogP contribution in [0.2, 0.25) is 5.02 Å². The SMILES string of the molecule is Cc1cnc2c(C(=O)OC3c4ccccc4-c4ccccc43)c(Cl)ccc2c1. The van der Waals surface area contributed by atoms with Crippen molar-refractivity contribution < 1.29 is 9.53 Å². The van der Waals surface area contributed by atoms with Crippen LogP contribution < -0.4 is 0 Å². The predicted octanol–water partition coefficient (Wildman–Crippen LogP) is 6.12. The molecular formula is C24H16ClNO2. The zero-order valence-corrected chi connectivity index (χ0v) is 15.9. The Kier molecular flexibility index (Phi) is 3.92. The van der Waals surface area contributed by atoms with Crippen molar-refractivity contribution in [1.82, 2.24) is 4.98 Å². The molecule has 28 heavy (non-hydrogen) atoms. The number of halogens is 1. The minimum absolute atomic E-state index is 0.307. The van der Waals surface area contributed by atoms with Crippen LogP contribution in [-0.4, -0.2) is 11.0 Å². The highest BCUT2D eigenvalue weighted by molar-refractivity contribution is 6.35. The minimum atomic E-state index is -0.469. The fourth-order valence-electron chi connectivity index (χ4n) is 3.88. The van der Waals surface area contributed by atoms with Gasteiger partial charge in [-0.05, 0) is 35.7 Å². The van der Waals surface area contributed by atoms with E-state index in [-0.39, 0.29) is 0 Å². The van der Waals surface area contributed by atoms with Crippen LogP contribution in [-0.2, 0) is 4.74 Å². The Morgan fingerprint density at radius 1 is 0.964 bits per heavy atom. The van der Waals surface area contributed by atoms with Gasteiger partial charge in [-0.25, -0.2) is 4.79 Å². The molecule has 1 heterocycles. The van der Waals surface area contributed by atoms with Gasteiger partial charge in [0.25, 0.3) is 0 Å². The minimum Gasteiger partial charge on any atom is -0.449 e. The van der Waals surface area contributed by atoms with Gasteiger partial charge in [0.15, 0.2) is 6.10 Å². The molecule has 4 aromatic rings. The van der Waals surface area contributed by atoms with Crippen LogP contribution in [0.4, 0.5) is 0 Å². The number of nitrogens with zero attached hydrogens (tertiary/aromatic N) is 1. The zero-order chi connectivity index (χ0) is 19.3. The Hall–Kier alpha value is -3.17. The number of aryl methyl sites for hydroxylation is 1. The van der Waals surface area contributed by atoms with Crippen molar-refractivity contribution in [2.24, 2.45) is 0 Å². The van der Waals surface area contributed by atoms with E-state index in [0.29, 0.717) is 16.1 Å². The van der Waals surface area contributed by atoms with E-state index in [1.54, 1.807) is 12.3 Å². The molecule has 0 unspecified atom stereocenters. The fourth-order valence-corrected chi connectivity index (χ4v) is 4.11. The molecular weight excluding hydrogens is 370 g/mol. The van der Waals surface area contributed by atoms with Crippen LogP contribution in [0.15, 0.2) is 72.9 Å². The van der Waals surface area contributed by atoms with Gasteiger partial charge in [0.1, 0.15) is 5.56 Å². The number of esters is 1. The lowest BCUT2D eigenvalue weighted by atomic mass is 10.1. The largest absolute Gasteiger partial charge is 0.449 e. The normalized spacial score (nSPS) is 12.6. The average molecular weight is 386 g/mol. The first-order valence-corrected chi connectivity index (χ1v) is 9.45. The second-order valence-electron chi connectivity index (χ2n) is 6.97. The summed E-state index contributed by atoms with van der Waals surface area (Å²) in [5.74, 6) is -0.469. The molecule has 1 aliphatic rings. The molecule has 0 amide bonds. The number of fused-ring (bicyclic) bond motifs is 4. The van der Waals surface area contributed by atoms with Crippen LogP contribution in [0.5, 0.6) is 0 Å². The molecule has 0 saturated heterocycles. The molecule has 136 valence electrons. The Morgan fingerprint density at radius 2 is 1.61 bits per heavy atom. The summed E-state index contributed by atoms with van der Waals surface area (Å²) < 4.78 is 6.01. The van der Waals surface area contributed by atoms with Crippen LogP contribution in [0.25, 0.3) is 22.0 Å². The van der Waals surface area contributed by atoms with Gasteiger partial charge in [0.05, 0.1) is 10.5 Å². The van der Waals surface area contributed by atoms with Gasteiger partial charge in [-0.2, -0.15) is 0 Å². The molecule has 1 aromatic heterocycles. The predicted molar refractivity (Wildman–Crippen MR) is 111 cm³/mol. The number of aromatic nitrogens is 1. The van der Waals surface area contributed by atoms with Crippen molar-refractivity contribution in [3.05, 3.63) is 100 Å².